The van der Waals surface area contributed by atoms with E-state index in [4.69, 9.17) is 17.3 Å². The Morgan fingerprint density at radius 3 is 3.11 bits per heavy atom. The van der Waals surface area contributed by atoms with Gasteiger partial charge in [0.15, 0.2) is 5.95 Å². The normalized spacial score (nSPS) is 19.0. The minimum Gasteiger partial charge on any atom is -0.346 e. The van der Waals surface area contributed by atoms with Gasteiger partial charge in [0.2, 0.25) is 0 Å². The van der Waals surface area contributed by atoms with Gasteiger partial charge in [0, 0.05) is 29.8 Å². The highest BCUT2D eigenvalue weighted by Crippen LogP contribution is 2.24. The van der Waals surface area contributed by atoms with Crippen molar-refractivity contribution in [3.8, 4) is 0 Å². The molecule has 0 bridgehead atoms. The number of halogens is 2. The van der Waals surface area contributed by atoms with E-state index < -0.39 is 6.17 Å². The van der Waals surface area contributed by atoms with Gasteiger partial charge in [-0.15, -0.1) is 0 Å². The van der Waals surface area contributed by atoms with Crippen LogP contribution in [0.25, 0.3) is 11.0 Å². The minimum absolute atomic E-state index is 0.390. The van der Waals surface area contributed by atoms with Crippen molar-refractivity contribution >= 4 is 22.6 Å². The Bertz CT molecular complexity index is 689. The second-order valence-electron chi connectivity index (χ2n) is 4.41. The first-order valence-electron chi connectivity index (χ1n) is 5.84. The highest BCUT2D eigenvalue weighted by atomic mass is 35.5. The summed E-state index contributed by atoms with van der Waals surface area (Å²) in [6.07, 6.45) is 6.79. The monoisotopic (exact) mass is 278 g/mol. The fraction of sp³-hybridized carbons (Fsp3) is 0.154. The molecule has 0 aliphatic carbocycles. The van der Waals surface area contributed by atoms with Crippen LogP contribution in [-0.2, 0) is 6.42 Å². The van der Waals surface area contributed by atoms with Crippen LogP contribution in [-0.4, -0.2) is 16.1 Å². The van der Waals surface area contributed by atoms with Gasteiger partial charge in [-0.25, -0.2) is 4.98 Å². The number of rotatable bonds is 2. The second-order valence-corrected chi connectivity index (χ2v) is 4.85. The van der Waals surface area contributed by atoms with Crippen LogP contribution < -0.4 is 11.1 Å². The van der Waals surface area contributed by atoms with Crippen LogP contribution in [0.5, 0.6) is 0 Å². The molecule has 19 heavy (non-hydrogen) atoms. The Hall–Kier alpha value is -1.85. The van der Waals surface area contributed by atoms with Gasteiger partial charge in [-0.3, -0.25) is 0 Å². The van der Waals surface area contributed by atoms with Crippen LogP contribution in [0, 0.1) is 0 Å². The van der Waals surface area contributed by atoms with Crippen molar-refractivity contribution in [2.45, 2.75) is 12.6 Å². The first-order chi connectivity index (χ1) is 9.13. The van der Waals surface area contributed by atoms with E-state index in [0.717, 1.165) is 16.6 Å². The van der Waals surface area contributed by atoms with Crippen LogP contribution in [0.15, 0.2) is 42.1 Å². The quantitative estimate of drug-likeness (QED) is 0.739. The van der Waals surface area contributed by atoms with Crippen molar-refractivity contribution in [2.75, 3.05) is 0 Å². The lowest BCUT2D eigenvalue weighted by Gasteiger charge is -2.16. The van der Waals surface area contributed by atoms with Crippen molar-refractivity contribution in [3.63, 3.8) is 0 Å². The highest BCUT2D eigenvalue weighted by molar-refractivity contribution is 6.31. The molecule has 1 aliphatic heterocycles. The highest BCUT2D eigenvalue weighted by Gasteiger charge is 2.14. The molecule has 1 atom stereocenters. The van der Waals surface area contributed by atoms with Gasteiger partial charge in [0.25, 0.3) is 0 Å². The molecular weight excluding hydrogens is 267 g/mol. The number of nitrogens with two attached hydrogens (primary N) is 1. The molecule has 2 aromatic rings. The van der Waals surface area contributed by atoms with Crippen LogP contribution in [0.3, 0.4) is 0 Å². The van der Waals surface area contributed by atoms with Crippen LogP contribution in [0.1, 0.15) is 5.56 Å². The van der Waals surface area contributed by atoms with Crippen LogP contribution >= 0.6 is 11.6 Å². The summed E-state index contributed by atoms with van der Waals surface area (Å²) >= 11 is 5.93. The average molecular weight is 279 g/mol. The maximum atomic E-state index is 13.8. The number of nitrogens with zero attached hydrogens (tertiary/aromatic N) is 1. The predicted molar refractivity (Wildman–Crippen MR) is 73.2 cm³/mol. The van der Waals surface area contributed by atoms with E-state index in [0.29, 0.717) is 17.0 Å². The summed E-state index contributed by atoms with van der Waals surface area (Å²) in [6, 6.07) is 1.82. The molecule has 0 saturated carbocycles. The third kappa shape index (κ3) is 2.34. The summed E-state index contributed by atoms with van der Waals surface area (Å²) in [6.45, 7) is 0. The Morgan fingerprint density at radius 2 is 2.32 bits per heavy atom. The zero-order valence-electron chi connectivity index (χ0n) is 9.95. The molecule has 0 saturated heterocycles. The molecule has 0 spiro atoms. The standard InChI is InChI=1S/C13H12ClFN4/c14-9-4-10-8(5-17-13(10)18-6-9)3-7-1-2-11(16)19-12(7)15/h1-2,4-6,11,19H,3,16H2,(H,17,18). The largest absolute Gasteiger partial charge is 0.346 e. The summed E-state index contributed by atoms with van der Waals surface area (Å²) in [5.74, 6) is -0.390. The molecule has 0 amide bonds. The van der Waals surface area contributed by atoms with Gasteiger partial charge in [0.1, 0.15) is 5.65 Å². The molecule has 0 aromatic carbocycles. The number of hydrogen-bond donors (Lipinski definition) is 3. The topological polar surface area (TPSA) is 66.7 Å². The number of hydrogen-bond acceptors (Lipinski definition) is 3. The molecule has 4 nitrogen and oxygen atoms in total. The van der Waals surface area contributed by atoms with Gasteiger partial charge in [-0.1, -0.05) is 17.7 Å². The first kappa shape index (κ1) is 12.2. The summed E-state index contributed by atoms with van der Waals surface area (Å²) in [5.41, 5.74) is 7.81. The third-order valence-corrected chi connectivity index (χ3v) is 3.25. The summed E-state index contributed by atoms with van der Waals surface area (Å²) in [7, 11) is 0. The lowest BCUT2D eigenvalue weighted by atomic mass is 10.0. The predicted octanol–water partition coefficient (Wildman–Crippen LogP) is 2.38. The smallest absolute Gasteiger partial charge is 0.192 e. The lowest BCUT2D eigenvalue weighted by molar-refractivity contribution is 0.497. The van der Waals surface area contributed by atoms with Gasteiger partial charge in [0.05, 0.1) is 11.2 Å². The molecule has 2 aromatic heterocycles. The fourth-order valence-corrected chi connectivity index (χ4v) is 2.26. The molecule has 1 aliphatic rings. The number of pyridine rings is 1. The molecule has 3 rings (SSSR count). The molecule has 6 heteroatoms. The van der Waals surface area contributed by atoms with E-state index >= 15 is 0 Å². The van der Waals surface area contributed by atoms with E-state index in [1.54, 1.807) is 18.3 Å². The van der Waals surface area contributed by atoms with Gasteiger partial charge < -0.3 is 16.0 Å². The first-order valence-corrected chi connectivity index (χ1v) is 6.22. The maximum Gasteiger partial charge on any atom is 0.192 e. The lowest BCUT2D eigenvalue weighted by Crippen LogP contribution is -2.36. The third-order valence-electron chi connectivity index (χ3n) is 3.04. The van der Waals surface area contributed by atoms with Crippen LogP contribution in [0.4, 0.5) is 4.39 Å². The zero-order chi connectivity index (χ0) is 13.4. The van der Waals surface area contributed by atoms with E-state index in [9.17, 15) is 4.39 Å². The van der Waals surface area contributed by atoms with E-state index in [1.165, 1.54) is 0 Å². The van der Waals surface area contributed by atoms with Gasteiger partial charge in [-0.2, -0.15) is 4.39 Å². The van der Waals surface area contributed by atoms with Gasteiger partial charge in [-0.05, 0) is 17.7 Å². The van der Waals surface area contributed by atoms with Crippen molar-refractivity contribution < 1.29 is 4.39 Å². The molecule has 0 radical (unpaired) electrons. The summed E-state index contributed by atoms with van der Waals surface area (Å²) < 4.78 is 13.8. The Morgan fingerprint density at radius 1 is 1.47 bits per heavy atom. The second kappa shape index (κ2) is 4.68. The maximum absolute atomic E-state index is 13.8. The van der Waals surface area contributed by atoms with Crippen molar-refractivity contribution in [3.05, 3.63) is 52.7 Å². The number of H-pyrrole nitrogens is 1. The molecule has 1 unspecified atom stereocenters. The molecule has 4 N–H and O–H groups in total. The number of aromatic amines is 1. The number of dihydropyridines is 1. The van der Waals surface area contributed by atoms with Crippen molar-refractivity contribution in [1.29, 1.82) is 0 Å². The molecule has 98 valence electrons. The van der Waals surface area contributed by atoms with Gasteiger partial charge >= 0.3 is 0 Å². The number of aromatic nitrogens is 2. The van der Waals surface area contributed by atoms with Crippen LogP contribution in [0.2, 0.25) is 5.02 Å². The molecule has 0 fully saturated rings. The van der Waals surface area contributed by atoms with Crippen molar-refractivity contribution in [1.82, 2.24) is 15.3 Å². The van der Waals surface area contributed by atoms with E-state index in [2.05, 4.69) is 15.3 Å². The zero-order valence-corrected chi connectivity index (χ0v) is 10.7. The summed E-state index contributed by atoms with van der Waals surface area (Å²) in [4.78, 5) is 7.22. The minimum atomic E-state index is -0.470. The Labute approximate surface area is 114 Å². The fourth-order valence-electron chi connectivity index (χ4n) is 2.10. The van der Waals surface area contributed by atoms with Crippen molar-refractivity contribution in [2.24, 2.45) is 5.73 Å². The number of nitrogens with one attached hydrogen (secondary N) is 2. The summed E-state index contributed by atoms with van der Waals surface area (Å²) in [5, 5.41) is 4.01. The molecular formula is C13H12ClFN4. The molecule has 3 heterocycles. The Balaban J connectivity index is 1.96. The SMILES string of the molecule is NC1C=CC(Cc2c[nH]c3ncc(Cl)cc23)=C(F)N1. The Kier molecular flexibility index (Phi) is 3.00. The number of allylic oxidation sites excluding steroid dienone is 2. The average Bonchev–Trinajstić information content (AvgIpc) is 2.75. The van der Waals surface area contributed by atoms with E-state index in [-0.39, 0.29) is 5.95 Å². The number of fused-ring (bicyclic) bond motifs is 1. The van der Waals surface area contributed by atoms with E-state index in [1.807, 2.05) is 12.3 Å².